The molecule has 0 aliphatic rings. The van der Waals surface area contributed by atoms with Gasteiger partial charge < -0.3 is 15.4 Å². The van der Waals surface area contributed by atoms with Crippen LogP contribution in [0.4, 0.5) is 10.1 Å². The van der Waals surface area contributed by atoms with Crippen LogP contribution in [0.3, 0.4) is 0 Å². The number of aromatic hydroxyl groups is 1. The fourth-order valence-corrected chi connectivity index (χ4v) is 4.14. The maximum Gasteiger partial charge on any atom is 0.224 e. The van der Waals surface area contributed by atoms with Gasteiger partial charge in [-0.3, -0.25) is 14.9 Å². The van der Waals surface area contributed by atoms with Gasteiger partial charge in [-0.25, -0.2) is 19.3 Å². The van der Waals surface area contributed by atoms with Crippen molar-refractivity contribution in [3.05, 3.63) is 67.0 Å². The molecule has 6 aromatic rings. The quantitative estimate of drug-likeness (QED) is 0.269. The number of benzene rings is 1. The van der Waals surface area contributed by atoms with Crippen molar-refractivity contribution in [3.8, 4) is 39.5 Å². The van der Waals surface area contributed by atoms with E-state index >= 15 is 0 Å². The first-order valence-electron chi connectivity index (χ1n) is 11.4. The molecule has 0 atom stereocenters. The number of rotatable bonds is 5. The molecular formula is C26H19FN8O2. The maximum absolute atomic E-state index is 13.9. The van der Waals surface area contributed by atoms with E-state index in [2.05, 4.69) is 35.5 Å². The molecule has 1 aromatic carbocycles. The SMILES string of the molecule is CCC(=O)Nc1cncc(-c2cnc3[nH]nc(-c4nc5c(-c6cc(O)cc(F)c6)ccnc5[nH]4)c3c2)c1. The van der Waals surface area contributed by atoms with Crippen molar-refractivity contribution >= 4 is 33.8 Å². The number of nitrogens with one attached hydrogen (secondary N) is 3. The average molecular weight is 494 g/mol. The molecule has 0 fully saturated rings. The van der Waals surface area contributed by atoms with Gasteiger partial charge in [0.05, 0.1) is 17.3 Å². The zero-order valence-corrected chi connectivity index (χ0v) is 19.5. The first kappa shape index (κ1) is 22.3. The van der Waals surface area contributed by atoms with Gasteiger partial charge in [0.2, 0.25) is 5.91 Å². The highest BCUT2D eigenvalue weighted by Crippen LogP contribution is 2.33. The van der Waals surface area contributed by atoms with E-state index in [0.717, 1.165) is 17.2 Å². The van der Waals surface area contributed by atoms with Crippen LogP contribution in [-0.2, 0) is 4.79 Å². The number of imidazole rings is 1. The van der Waals surface area contributed by atoms with E-state index in [0.29, 0.717) is 57.0 Å². The Morgan fingerprint density at radius 2 is 1.89 bits per heavy atom. The molecule has 0 aliphatic heterocycles. The lowest BCUT2D eigenvalue weighted by atomic mass is 10.1. The van der Waals surface area contributed by atoms with E-state index in [4.69, 9.17) is 4.98 Å². The topological polar surface area (TPSA) is 145 Å². The number of phenols is 1. The number of carbonyl (C=O) groups is 1. The fraction of sp³-hybridized carbons (Fsp3) is 0.0769. The monoisotopic (exact) mass is 494 g/mol. The molecule has 10 nitrogen and oxygen atoms in total. The van der Waals surface area contributed by atoms with Crippen LogP contribution in [0.15, 0.2) is 61.2 Å². The molecule has 0 saturated carbocycles. The molecule has 0 radical (unpaired) electrons. The molecule has 6 rings (SSSR count). The van der Waals surface area contributed by atoms with Gasteiger partial charge in [0, 0.05) is 47.8 Å². The van der Waals surface area contributed by atoms with Crippen LogP contribution in [0.2, 0.25) is 0 Å². The molecule has 0 spiro atoms. The number of fused-ring (bicyclic) bond motifs is 2. The van der Waals surface area contributed by atoms with Gasteiger partial charge >= 0.3 is 0 Å². The van der Waals surface area contributed by atoms with E-state index in [9.17, 15) is 14.3 Å². The highest BCUT2D eigenvalue weighted by Gasteiger charge is 2.18. The minimum absolute atomic E-state index is 0.101. The van der Waals surface area contributed by atoms with Gasteiger partial charge in [0.25, 0.3) is 0 Å². The Bertz CT molecular complexity index is 1790. The Kier molecular flexibility index (Phi) is 5.29. The number of hydrogen-bond donors (Lipinski definition) is 4. The molecule has 37 heavy (non-hydrogen) atoms. The number of amides is 1. The molecule has 182 valence electrons. The van der Waals surface area contributed by atoms with Gasteiger partial charge in [-0.15, -0.1) is 0 Å². The van der Waals surface area contributed by atoms with Crippen molar-refractivity contribution in [1.82, 2.24) is 35.1 Å². The summed E-state index contributed by atoms with van der Waals surface area (Å²) in [6, 6.07) is 9.29. The highest BCUT2D eigenvalue weighted by atomic mass is 19.1. The zero-order valence-electron chi connectivity index (χ0n) is 19.5. The summed E-state index contributed by atoms with van der Waals surface area (Å²) in [5.41, 5.74) is 5.31. The van der Waals surface area contributed by atoms with Gasteiger partial charge in [-0.2, -0.15) is 5.10 Å². The minimum Gasteiger partial charge on any atom is -0.508 e. The normalized spacial score (nSPS) is 11.3. The number of halogens is 1. The van der Waals surface area contributed by atoms with E-state index in [-0.39, 0.29) is 11.7 Å². The summed E-state index contributed by atoms with van der Waals surface area (Å²) < 4.78 is 13.9. The highest BCUT2D eigenvalue weighted by molar-refractivity contribution is 5.96. The Morgan fingerprint density at radius 3 is 2.73 bits per heavy atom. The number of aromatic nitrogens is 7. The summed E-state index contributed by atoms with van der Waals surface area (Å²) in [5.74, 6) is -0.389. The summed E-state index contributed by atoms with van der Waals surface area (Å²) in [6.45, 7) is 1.78. The third-order valence-electron chi connectivity index (χ3n) is 5.90. The van der Waals surface area contributed by atoms with Crippen molar-refractivity contribution in [3.63, 3.8) is 0 Å². The molecule has 0 saturated heterocycles. The molecule has 11 heteroatoms. The number of phenolic OH excluding ortho intramolecular Hbond substituents is 1. The molecule has 0 aliphatic carbocycles. The first-order valence-corrected chi connectivity index (χ1v) is 11.4. The second-order valence-corrected chi connectivity index (χ2v) is 8.40. The predicted molar refractivity (Wildman–Crippen MR) is 136 cm³/mol. The van der Waals surface area contributed by atoms with E-state index in [1.54, 1.807) is 37.8 Å². The number of aromatic amines is 2. The summed E-state index contributed by atoms with van der Waals surface area (Å²) >= 11 is 0. The van der Waals surface area contributed by atoms with E-state index < -0.39 is 5.82 Å². The lowest BCUT2D eigenvalue weighted by Gasteiger charge is -2.06. The fourth-order valence-electron chi connectivity index (χ4n) is 4.14. The number of nitrogens with zero attached hydrogens (tertiary/aromatic N) is 5. The van der Waals surface area contributed by atoms with Gasteiger partial charge in [-0.05, 0) is 35.9 Å². The lowest BCUT2D eigenvalue weighted by Crippen LogP contribution is -2.09. The van der Waals surface area contributed by atoms with Crippen LogP contribution < -0.4 is 5.32 Å². The molecular weight excluding hydrogens is 475 g/mol. The van der Waals surface area contributed by atoms with Crippen LogP contribution in [0.1, 0.15) is 13.3 Å². The predicted octanol–water partition coefficient (Wildman–Crippen LogP) is 4.82. The Labute approximate surface area is 208 Å². The Balaban J connectivity index is 1.43. The largest absolute Gasteiger partial charge is 0.508 e. The van der Waals surface area contributed by atoms with Gasteiger partial charge in [0.1, 0.15) is 22.8 Å². The summed E-state index contributed by atoms with van der Waals surface area (Å²) in [6.07, 6.45) is 6.92. The van der Waals surface area contributed by atoms with Crippen molar-refractivity contribution in [2.45, 2.75) is 13.3 Å². The second-order valence-electron chi connectivity index (χ2n) is 8.40. The number of carbonyl (C=O) groups excluding carboxylic acids is 1. The summed E-state index contributed by atoms with van der Waals surface area (Å²) in [4.78, 5) is 32.8. The molecule has 0 unspecified atom stereocenters. The van der Waals surface area contributed by atoms with Crippen LogP contribution in [0.5, 0.6) is 5.75 Å². The van der Waals surface area contributed by atoms with Crippen molar-refractivity contribution in [2.75, 3.05) is 5.32 Å². The zero-order chi connectivity index (χ0) is 25.5. The number of H-pyrrole nitrogens is 2. The van der Waals surface area contributed by atoms with Crippen LogP contribution in [0, 0.1) is 5.82 Å². The Hall–Kier alpha value is -5.19. The van der Waals surface area contributed by atoms with Gasteiger partial charge in [-0.1, -0.05) is 6.92 Å². The van der Waals surface area contributed by atoms with Crippen LogP contribution in [-0.4, -0.2) is 46.1 Å². The lowest BCUT2D eigenvalue weighted by molar-refractivity contribution is -0.115. The number of anilines is 1. The van der Waals surface area contributed by atoms with Crippen LogP contribution >= 0.6 is 0 Å². The van der Waals surface area contributed by atoms with E-state index in [1.165, 1.54) is 12.1 Å². The average Bonchev–Trinajstić information content (AvgIpc) is 3.51. The standard InChI is InChI=1S/C26H19FN8O2/c1-2-21(37)31-17-6-14(10-28-12-17)15-8-20-23(34-35-24(20)30-11-15)26-32-22-19(3-4-29-25(22)33-26)13-5-16(27)9-18(36)7-13/h3-12,36H,2H2,1H3,(H,31,37)(H,29,32,33)(H,30,34,35). The van der Waals surface area contributed by atoms with Crippen molar-refractivity contribution < 1.29 is 14.3 Å². The van der Waals surface area contributed by atoms with Crippen LogP contribution in [0.25, 0.3) is 56.0 Å². The number of hydrogen-bond acceptors (Lipinski definition) is 7. The third-order valence-corrected chi connectivity index (χ3v) is 5.90. The van der Waals surface area contributed by atoms with Gasteiger partial charge in [0.15, 0.2) is 17.1 Å². The van der Waals surface area contributed by atoms with E-state index in [1.807, 2.05) is 12.1 Å². The smallest absolute Gasteiger partial charge is 0.224 e. The molecule has 4 N–H and O–H groups in total. The first-order chi connectivity index (χ1) is 18.0. The maximum atomic E-state index is 13.9. The van der Waals surface area contributed by atoms with Crippen molar-refractivity contribution in [2.24, 2.45) is 0 Å². The second kappa shape index (κ2) is 8.79. The molecule has 1 amide bonds. The molecule has 5 heterocycles. The molecule has 0 bridgehead atoms. The third kappa shape index (κ3) is 4.12. The van der Waals surface area contributed by atoms with Crippen molar-refractivity contribution in [1.29, 1.82) is 0 Å². The summed E-state index contributed by atoms with van der Waals surface area (Å²) in [7, 11) is 0. The molecule has 5 aromatic heterocycles. The summed E-state index contributed by atoms with van der Waals surface area (Å²) in [5, 5.41) is 20.7. The Morgan fingerprint density at radius 1 is 1.03 bits per heavy atom. The minimum atomic E-state index is -0.555. The number of pyridine rings is 3.